The Morgan fingerprint density at radius 2 is 1.60 bits per heavy atom. The van der Waals surface area contributed by atoms with Gasteiger partial charge in [0.25, 0.3) is 15.9 Å². The number of hydrogen-bond acceptors (Lipinski definition) is 3. The lowest BCUT2D eigenvalue weighted by molar-refractivity contribution is 0.0785. The molecule has 3 aromatic rings. The Bertz CT molecular complexity index is 1160. The Kier molecular flexibility index (Phi) is 6.48. The van der Waals surface area contributed by atoms with Crippen molar-refractivity contribution in [3.8, 4) is 0 Å². The highest BCUT2D eigenvalue weighted by Crippen LogP contribution is 2.23. The highest BCUT2D eigenvalue weighted by atomic mass is 35.5. The third-order valence-electron chi connectivity index (χ3n) is 4.74. The van der Waals surface area contributed by atoms with Gasteiger partial charge in [-0.15, -0.1) is 0 Å². The number of carbonyl (C=O) groups excluding carboxylic acids is 1. The van der Waals surface area contributed by atoms with Crippen LogP contribution in [0.15, 0.2) is 71.6 Å². The van der Waals surface area contributed by atoms with Crippen LogP contribution in [0.5, 0.6) is 0 Å². The molecule has 3 aromatic carbocycles. The molecule has 0 aliphatic heterocycles. The number of hydrogen-bond donors (Lipinski definition) is 1. The molecule has 0 aliphatic carbocycles. The predicted molar refractivity (Wildman–Crippen MR) is 120 cm³/mol. The molecule has 0 unspecified atom stereocenters. The van der Waals surface area contributed by atoms with E-state index in [4.69, 9.17) is 11.6 Å². The lowest BCUT2D eigenvalue weighted by Gasteiger charge is -2.19. The van der Waals surface area contributed by atoms with Gasteiger partial charge in [0.1, 0.15) is 0 Å². The molecule has 0 heterocycles. The minimum absolute atomic E-state index is 0.170. The number of benzene rings is 3. The van der Waals surface area contributed by atoms with Crippen LogP contribution in [0.4, 0.5) is 5.69 Å². The van der Waals surface area contributed by atoms with Gasteiger partial charge in [-0.25, -0.2) is 8.42 Å². The number of sulfonamides is 1. The molecule has 0 saturated carbocycles. The molecule has 1 amide bonds. The van der Waals surface area contributed by atoms with Gasteiger partial charge in [0, 0.05) is 24.2 Å². The largest absolute Gasteiger partial charge is 0.337 e. The third kappa shape index (κ3) is 5.20. The first-order valence-corrected chi connectivity index (χ1v) is 11.2. The Morgan fingerprint density at radius 3 is 2.23 bits per heavy atom. The van der Waals surface area contributed by atoms with Gasteiger partial charge in [0.05, 0.1) is 10.6 Å². The maximum absolute atomic E-state index is 12.9. The molecule has 0 radical (unpaired) electrons. The summed E-state index contributed by atoms with van der Waals surface area (Å²) in [5.74, 6) is -0.208. The number of amides is 1. The van der Waals surface area contributed by atoms with Crippen molar-refractivity contribution in [1.82, 2.24) is 4.90 Å². The Hall–Kier alpha value is -2.83. The van der Waals surface area contributed by atoms with Crippen LogP contribution in [0.1, 0.15) is 27.0 Å². The molecule has 0 aliphatic rings. The summed E-state index contributed by atoms with van der Waals surface area (Å²) in [6.07, 6.45) is 0. The molecule has 1 N–H and O–H groups in total. The van der Waals surface area contributed by atoms with E-state index in [0.717, 1.165) is 16.7 Å². The molecule has 0 fully saturated rings. The monoisotopic (exact) mass is 442 g/mol. The summed E-state index contributed by atoms with van der Waals surface area (Å²) < 4.78 is 28.1. The molecular weight excluding hydrogens is 420 g/mol. The molecule has 7 heteroatoms. The maximum Gasteiger partial charge on any atom is 0.261 e. The van der Waals surface area contributed by atoms with Gasteiger partial charge in [-0.3, -0.25) is 9.52 Å². The van der Waals surface area contributed by atoms with Crippen LogP contribution in [-0.4, -0.2) is 26.3 Å². The Labute approximate surface area is 182 Å². The van der Waals surface area contributed by atoms with Crippen molar-refractivity contribution in [1.29, 1.82) is 0 Å². The predicted octanol–water partition coefficient (Wildman–Crippen LogP) is 5.03. The van der Waals surface area contributed by atoms with Crippen LogP contribution in [0.2, 0.25) is 5.02 Å². The molecule has 156 valence electrons. The van der Waals surface area contributed by atoms with Crippen molar-refractivity contribution in [2.75, 3.05) is 11.8 Å². The smallest absolute Gasteiger partial charge is 0.261 e. The van der Waals surface area contributed by atoms with Crippen molar-refractivity contribution < 1.29 is 13.2 Å². The first-order valence-electron chi connectivity index (χ1n) is 9.36. The van der Waals surface area contributed by atoms with Gasteiger partial charge in [-0.1, -0.05) is 47.5 Å². The normalized spacial score (nSPS) is 11.2. The van der Waals surface area contributed by atoms with Gasteiger partial charge in [0.2, 0.25) is 0 Å². The number of nitrogens with one attached hydrogen (secondary N) is 1. The van der Waals surface area contributed by atoms with Crippen LogP contribution < -0.4 is 4.72 Å². The maximum atomic E-state index is 12.9. The van der Waals surface area contributed by atoms with Crippen molar-refractivity contribution in [3.05, 3.63) is 94.0 Å². The SMILES string of the molecule is Cc1ccc(S(=O)(=O)Nc2cc(C(=O)N(C)Cc3ccc(Cl)cc3)ccc2C)cc1. The van der Waals surface area contributed by atoms with E-state index < -0.39 is 10.0 Å². The van der Waals surface area contributed by atoms with E-state index in [1.54, 1.807) is 73.5 Å². The van der Waals surface area contributed by atoms with Crippen LogP contribution >= 0.6 is 11.6 Å². The van der Waals surface area contributed by atoms with Crippen LogP contribution in [0.3, 0.4) is 0 Å². The minimum Gasteiger partial charge on any atom is -0.337 e. The number of halogens is 1. The number of aryl methyl sites for hydroxylation is 2. The number of nitrogens with zero attached hydrogens (tertiary/aromatic N) is 1. The lowest BCUT2D eigenvalue weighted by atomic mass is 10.1. The lowest BCUT2D eigenvalue weighted by Crippen LogP contribution is -2.26. The first kappa shape index (κ1) is 21.9. The van der Waals surface area contributed by atoms with E-state index >= 15 is 0 Å². The second-order valence-corrected chi connectivity index (χ2v) is 9.35. The van der Waals surface area contributed by atoms with Gasteiger partial charge < -0.3 is 4.90 Å². The van der Waals surface area contributed by atoms with Crippen LogP contribution in [-0.2, 0) is 16.6 Å². The highest BCUT2D eigenvalue weighted by molar-refractivity contribution is 7.92. The standard InChI is InChI=1S/C23H23ClN2O3S/c1-16-4-12-21(13-5-16)30(28,29)25-22-14-19(9-6-17(22)2)23(27)26(3)15-18-7-10-20(24)11-8-18/h4-14,25H,15H2,1-3H3. The van der Waals surface area contributed by atoms with Crippen molar-refractivity contribution in [3.63, 3.8) is 0 Å². The van der Waals surface area contributed by atoms with Gasteiger partial charge in [0.15, 0.2) is 0 Å². The zero-order valence-electron chi connectivity index (χ0n) is 17.0. The van der Waals surface area contributed by atoms with E-state index in [9.17, 15) is 13.2 Å². The quantitative estimate of drug-likeness (QED) is 0.582. The number of rotatable bonds is 6. The van der Waals surface area contributed by atoms with E-state index in [1.807, 2.05) is 19.1 Å². The summed E-state index contributed by atoms with van der Waals surface area (Å²) >= 11 is 5.91. The van der Waals surface area contributed by atoms with Gasteiger partial charge >= 0.3 is 0 Å². The molecule has 0 aromatic heterocycles. The van der Waals surface area contributed by atoms with Crippen molar-refractivity contribution in [2.24, 2.45) is 0 Å². The summed E-state index contributed by atoms with van der Waals surface area (Å²) in [7, 11) is -2.05. The first-order chi connectivity index (χ1) is 14.2. The zero-order chi connectivity index (χ0) is 21.9. The topological polar surface area (TPSA) is 66.5 Å². The fourth-order valence-corrected chi connectivity index (χ4v) is 4.19. The summed E-state index contributed by atoms with van der Waals surface area (Å²) in [6, 6.07) is 18.9. The summed E-state index contributed by atoms with van der Waals surface area (Å²) in [4.78, 5) is 14.6. The second kappa shape index (κ2) is 8.90. The Morgan fingerprint density at radius 1 is 0.967 bits per heavy atom. The Balaban J connectivity index is 1.81. The van der Waals surface area contributed by atoms with Crippen LogP contribution in [0.25, 0.3) is 0 Å². The molecule has 5 nitrogen and oxygen atoms in total. The van der Waals surface area contributed by atoms with Crippen molar-refractivity contribution >= 4 is 33.2 Å². The zero-order valence-corrected chi connectivity index (χ0v) is 18.6. The summed E-state index contributed by atoms with van der Waals surface area (Å²) in [6.45, 7) is 4.09. The summed E-state index contributed by atoms with van der Waals surface area (Å²) in [5, 5.41) is 0.636. The van der Waals surface area contributed by atoms with Crippen molar-refractivity contribution in [2.45, 2.75) is 25.3 Å². The number of carbonyl (C=O) groups is 1. The van der Waals surface area contributed by atoms with E-state index in [0.29, 0.717) is 22.8 Å². The summed E-state index contributed by atoms with van der Waals surface area (Å²) in [5.41, 5.74) is 3.42. The average Bonchev–Trinajstić information content (AvgIpc) is 2.71. The number of anilines is 1. The molecule has 3 rings (SSSR count). The highest BCUT2D eigenvalue weighted by Gasteiger charge is 2.18. The fraction of sp³-hybridized carbons (Fsp3) is 0.174. The molecule has 0 bridgehead atoms. The van der Waals surface area contributed by atoms with Gasteiger partial charge in [-0.2, -0.15) is 0 Å². The van der Waals surface area contributed by atoms with Gasteiger partial charge in [-0.05, 0) is 61.4 Å². The molecule has 30 heavy (non-hydrogen) atoms. The molecule has 0 spiro atoms. The third-order valence-corrected chi connectivity index (χ3v) is 6.37. The van der Waals surface area contributed by atoms with E-state index in [-0.39, 0.29) is 10.8 Å². The van der Waals surface area contributed by atoms with E-state index in [2.05, 4.69) is 4.72 Å². The fourth-order valence-electron chi connectivity index (χ4n) is 2.94. The minimum atomic E-state index is -3.76. The average molecular weight is 443 g/mol. The van der Waals surface area contributed by atoms with E-state index in [1.165, 1.54) is 0 Å². The molecule has 0 atom stereocenters. The van der Waals surface area contributed by atoms with Crippen LogP contribution in [0, 0.1) is 13.8 Å². The molecular formula is C23H23ClN2O3S. The second-order valence-electron chi connectivity index (χ2n) is 7.24. The molecule has 0 saturated heterocycles.